The molecule has 3 aromatic rings. The molecule has 3 rings (SSSR count). The Hall–Kier alpha value is -3.35. The summed E-state index contributed by atoms with van der Waals surface area (Å²) in [6.45, 7) is -2.43. The Morgan fingerprint density at radius 3 is 2.41 bits per heavy atom. The Morgan fingerprint density at radius 2 is 1.70 bits per heavy atom. The van der Waals surface area contributed by atoms with Gasteiger partial charge in [0.05, 0.1) is 0 Å². The van der Waals surface area contributed by atoms with E-state index in [1.54, 1.807) is 24.3 Å². The topological polar surface area (TPSA) is 60.7 Å². The number of amides is 1. The number of carbonyl (C=O) groups excluding carboxylic acids is 1. The van der Waals surface area contributed by atoms with Crippen molar-refractivity contribution >= 4 is 5.91 Å². The molecule has 0 saturated heterocycles. The fourth-order valence-electron chi connectivity index (χ4n) is 2.31. The average Bonchev–Trinajstić information content (AvgIpc) is 3.15. The minimum atomic E-state index is -2.87. The van der Waals surface area contributed by atoms with Gasteiger partial charge in [-0.25, -0.2) is 0 Å². The van der Waals surface area contributed by atoms with Crippen LogP contribution < -0.4 is 14.8 Å². The zero-order valence-electron chi connectivity index (χ0n) is 14.2. The number of hydrogen-bond acceptors (Lipinski definition) is 4. The van der Waals surface area contributed by atoms with Gasteiger partial charge in [-0.05, 0) is 42.0 Å². The second kappa shape index (κ2) is 8.84. The van der Waals surface area contributed by atoms with Crippen molar-refractivity contribution in [1.82, 2.24) is 5.32 Å². The summed E-state index contributed by atoms with van der Waals surface area (Å²) in [5.41, 5.74) is 0.740. The zero-order chi connectivity index (χ0) is 19.1. The van der Waals surface area contributed by atoms with Gasteiger partial charge in [0.15, 0.2) is 5.76 Å². The van der Waals surface area contributed by atoms with Crippen molar-refractivity contribution in [2.75, 3.05) is 0 Å². The first kappa shape index (κ1) is 18.4. The molecule has 7 heteroatoms. The summed E-state index contributed by atoms with van der Waals surface area (Å²) in [7, 11) is 0. The Kier molecular flexibility index (Phi) is 6.04. The largest absolute Gasteiger partial charge is 0.486 e. The number of carbonyl (C=O) groups is 1. The summed E-state index contributed by atoms with van der Waals surface area (Å²) in [5, 5.41) is 2.70. The quantitative estimate of drug-likeness (QED) is 0.636. The van der Waals surface area contributed by atoms with Crippen LogP contribution in [-0.2, 0) is 13.2 Å². The summed E-state index contributed by atoms with van der Waals surface area (Å²) in [5.74, 6) is 1.08. The fraction of sp³-hybridized carbons (Fsp3) is 0.150. The van der Waals surface area contributed by atoms with E-state index >= 15 is 0 Å². The molecule has 0 saturated carbocycles. The molecule has 1 N–H and O–H groups in total. The van der Waals surface area contributed by atoms with Crippen LogP contribution >= 0.6 is 0 Å². The van der Waals surface area contributed by atoms with Gasteiger partial charge in [-0.2, -0.15) is 8.78 Å². The van der Waals surface area contributed by atoms with E-state index in [1.165, 1.54) is 12.1 Å². The van der Waals surface area contributed by atoms with Crippen molar-refractivity contribution in [1.29, 1.82) is 0 Å². The Morgan fingerprint density at radius 1 is 0.963 bits per heavy atom. The lowest BCUT2D eigenvalue weighted by Crippen LogP contribution is -2.22. The van der Waals surface area contributed by atoms with E-state index in [1.807, 2.05) is 30.3 Å². The Bertz CT molecular complexity index is 863. The predicted molar refractivity (Wildman–Crippen MR) is 93.7 cm³/mol. The summed E-state index contributed by atoms with van der Waals surface area (Å²) in [4.78, 5) is 12.1. The lowest BCUT2D eigenvalue weighted by Gasteiger charge is -2.07. The lowest BCUT2D eigenvalue weighted by molar-refractivity contribution is -0.0498. The van der Waals surface area contributed by atoms with Crippen LogP contribution in [0.15, 0.2) is 71.1 Å². The number of hydrogen-bond donors (Lipinski definition) is 1. The maximum Gasteiger partial charge on any atom is 0.387 e. The molecule has 1 amide bonds. The van der Waals surface area contributed by atoms with Gasteiger partial charge in [-0.15, -0.1) is 0 Å². The highest BCUT2D eigenvalue weighted by Crippen LogP contribution is 2.16. The van der Waals surface area contributed by atoms with Crippen molar-refractivity contribution in [3.8, 4) is 11.5 Å². The number of rotatable bonds is 8. The van der Waals surface area contributed by atoms with Crippen molar-refractivity contribution < 1.29 is 27.5 Å². The third-order valence-corrected chi connectivity index (χ3v) is 3.61. The summed E-state index contributed by atoms with van der Waals surface area (Å²) < 4.78 is 39.5. The average molecular weight is 373 g/mol. The van der Waals surface area contributed by atoms with Crippen LogP contribution in [0.2, 0.25) is 0 Å². The molecular weight excluding hydrogens is 356 g/mol. The maximum atomic E-state index is 12.1. The molecule has 0 aliphatic carbocycles. The molecule has 0 aliphatic rings. The number of halogens is 2. The molecule has 0 aliphatic heterocycles. The number of ether oxygens (including phenoxy) is 2. The van der Waals surface area contributed by atoms with Crippen LogP contribution in [0.1, 0.15) is 21.9 Å². The second-order valence-electron chi connectivity index (χ2n) is 5.57. The normalized spacial score (nSPS) is 10.6. The lowest BCUT2D eigenvalue weighted by atomic mass is 10.2. The number of benzene rings is 2. The van der Waals surface area contributed by atoms with Gasteiger partial charge >= 0.3 is 6.61 Å². The molecule has 0 unspecified atom stereocenters. The van der Waals surface area contributed by atoms with Gasteiger partial charge in [0.1, 0.15) is 23.9 Å². The molecule has 1 heterocycles. The second-order valence-corrected chi connectivity index (χ2v) is 5.57. The van der Waals surface area contributed by atoms with Crippen LogP contribution in [0.3, 0.4) is 0 Å². The highest BCUT2D eigenvalue weighted by molar-refractivity contribution is 5.91. The van der Waals surface area contributed by atoms with Crippen molar-refractivity contribution in [2.24, 2.45) is 0 Å². The minimum absolute atomic E-state index is 0.0640. The molecular formula is C20H17F2NO4. The standard InChI is InChI=1S/C20H17F2NO4/c21-20(22)27-16-8-6-14(7-9-16)12-23-19(24)18-11-10-17(26-18)13-25-15-4-2-1-3-5-15/h1-11,20H,12-13H2,(H,23,24). The fourth-order valence-corrected chi connectivity index (χ4v) is 2.31. The summed E-state index contributed by atoms with van der Waals surface area (Å²) in [6, 6.07) is 18.5. The van der Waals surface area contributed by atoms with E-state index in [4.69, 9.17) is 9.15 Å². The minimum Gasteiger partial charge on any atom is -0.486 e. The Balaban J connectivity index is 1.49. The molecule has 0 spiro atoms. The monoisotopic (exact) mass is 373 g/mol. The number of nitrogens with one attached hydrogen (secondary N) is 1. The van der Waals surface area contributed by atoms with E-state index in [0.717, 1.165) is 5.56 Å². The molecule has 0 radical (unpaired) electrons. The third-order valence-electron chi connectivity index (χ3n) is 3.61. The van der Waals surface area contributed by atoms with Gasteiger partial charge in [0, 0.05) is 6.54 Å². The van der Waals surface area contributed by atoms with Gasteiger partial charge < -0.3 is 19.2 Å². The van der Waals surface area contributed by atoms with Gasteiger partial charge in [0.25, 0.3) is 5.91 Å². The summed E-state index contributed by atoms with van der Waals surface area (Å²) in [6.07, 6.45) is 0. The molecule has 5 nitrogen and oxygen atoms in total. The van der Waals surface area contributed by atoms with Crippen LogP contribution in [0, 0.1) is 0 Å². The first-order valence-corrected chi connectivity index (χ1v) is 8.18. The van der Waals surface area contributed by atoms with E-state index in [9.17, 15) is 13.6 Å². The number of furan rings is 1. The third kappa shape index (κ3) is 5.57. The first-order chi connectivity index (χ1) is 13.1. The smallest absolute Gasteiger partial charge is 0.387 e. The van der Waals surface area contributed by atoms with Crippen LogP contribution in [0.25, 0.3) is 0 Å². The highest BCUT2D eigenvalue weighted by atomic mass is 19.3. The predicted octanol–water partition coefficient (Wildman–Crippen LogP) is 4.39. The molecule has 0 atom stereocenters. The number of para-hydroxylation sites is 1. The zero-order valence-corrected chi connectivity index (χ0v) is 14.2. The van der Waals surface area contributed by atoms with E-state index < -0.39 is 6.61 Å². The van der Waals surface area contributed by atoms with Crippen LogP contribution in [0.5, 0.6) is 11.5 Å². The van der Waals surface area contributed by atoms with Gasteiger partial charge in [-0.1, -0.05) is 30.3 Å². The van der Waals surface area contributed by atoms with E-state index in [-0.39, 0.29) is 30.6 Å². The van der Waals surface area contributed by atoms with E-state index in [0.29, 0.717) is 11.5 Å². The first-order valence-electron chi connectivity index (χ1n) is 8.18. The van der Waals surface area contributed by atoms with Gasteiger partial charge in [-0.3, -0.25) is 4.79 Å². The van der Waals surface area contributed by atoms with E-state index in [2.05, 4.69) is 10.1 Å². The molecule has 0 fully saturated rings. The molecule has 27 heavy (non-hydrogen) atoms. The van der Waals surface area contributed by atoms with Crippen molar-refractivity contribution in [2.45, 2.75) is 19.8 Å². The van der Waals surface area contributed by atoms with Gasteiger partial charge in [0.2, 0.25) is 0 Å². The van der Waals surface area contributed by atoms with Crippen LogP contribution in [-0.4, -0.2) is 12.5 Å². The van der Waals surface area contributed by atoms with Crippen LogP contribution in [0.4, 0.5) is 8.78 Å². The van der Waals surface area contributed by atoms with Crippen molar-refractivity contribution in [3.63, 3.8) is 0 Å². The molecule has 1 aromatic heterocycles. The highest BCUT2D eigenvalue weighted by Gasteiger charge is 2.11. The molecule has 0 bridgehead atoms. The molecule has 140 valence electrons. The SMILES string of the molecule is O=C(NCc1ccc(OC(F)F)cc1)c1ccc(COc2ccccc2)o1. The maximum absolute atomic E-state index is 12.1. The summed E-state index contributed by atoms with van der Waals surface area (Å²) >= 11 is 0. The Labute approximate surface area is 154 Å². The van der Waals surface area contributed by atoms with Crippen molar-refractivity contribution in [3.05, 3.63) is 83.8 Å². The molecule has 2 aromatic carbocycles. The number of alkyl halides is 2.